The summed E-state index contributed by atoms with van der Waals surface area (Å²) >= 11 is 0. The Morgan fingerprint density at radius 2 is 1.83 bits per heavy atom. The maximum absolute atomic E-state index is 10.6. The summed E-state index contributed by atoms with van der Waals surface area (Å²) in [6, 6.07) is 0.512. The van der Waals surface area contributed by atoms with Gasteiger partial charge in [0.05, 0.1) is 5.60 Å². The van der Waals surface area contributed by atoms with E-state index in [1.807, 2.05) is 7.05 Å². The summed E-state index contributed by atoms with van der Waals surface area (Å²) in [4.78, 5) is 6.97. The van der Waals surface area contributed by atoms with Gasteiger partial charge in [-0.3, -0.25) is 4.99 Å². The summed E-state index contributed by atoms with van der Waals surface area (Å²) in [5.41, 5.74) is -0.538. The van der Waals surface area contributed by atoms with Crippen LogP contribution in [0.5, 0.6) is 0 Å². The lowest BCUT2D eigenvalue weighted by Gasteiger charge is -2.35. The molecule has 0 aromatic rings. The van der Waals surface area contributed by atoms with Crippen LogP contribution in [-0.2, 0) is 0 Å². The molecule has 3 rings (SSSR count). The van der Waals surface area contributed by atoms with E-state index in [0.29, 0.717) is 12.6 Å². The molecule has 132 valence electrons. The van der Waals surface area contributed by atoms with E-state index in [1.165, 1.54) is 51.7 Å². The fourth-order valence-corrected chi connectivity index (χ4v) is 3.95. The first kappa shape index (κ1) is 17.0. The predicted octanol–water partition coefficient (Wildman–Crippen LogP) is 1.72. The molecule has 23 heavy (non-hydrogen) atoms. The number of hydrogen-bond donors (Lipinski definition) is 3. The van der Waals surface area contributed by atoms with Crippen LogP contribution in [0.2, 0.25) is 0 Å². The minimum Gasteiger partial charge on any atom is -0.388 e. The molecule has 0 bridgehead atoms. The highest BCUT2D eigenvalue weighted by Crippen LogP contribution is 2.30. The van der Waals surface area contributed by atoms with Crippen molar-refractivity contribution in [2.45, 2.75) is 69.4 Å². The molecule has 2 aliphatic carbocycles. The van der Waals surface area contributed by atoms with Gasteiger partial charge in [-0.1, -0.05) is 19.3 Å². The van der Waals surface area contributed by atoms with E-state index in [4.69, 9.17) is 0 Å². The average molecular weight is 322 g/mol. The maximum Gasteiger partial charge on any atom is 0.191 e. The van der Waals surface area contributed by atoms with Gasteiger partial charge in [0.15, 0.2) is 5.96 Å². The van der Waals surface area contributed by atoms with Crippen LogP contribution in [0, 0.1) is 5.92 Å². The van der Waals surface area contributed by atoms with Crippen LogP contribution in [0.15, 0.2) is 4.99 Å². The molecule has 5 nitrogen and oxygen atoms in total. The molecule has 0 amide bonds. The van der Waals surface area contributed by atoms with Gasteiger partial charge in [0.1, 0.15) is 0 Å². The Kier molecular flexibility index (Phi) is 5.81. The van der Waals surface area contributed by atoms with Gasteiger partial charge >= 0.3 is 0 Å². The third-order valence-corrected chi connectivity index (χ3v) is 5.73. The van der Waals surface area contributed by atoms with Crippen molar-refractivity contribution < 1.29 is 5.11 Å². The molecule has 3 N–H and O–H groups in total. The molecule has 0 aromatic carbocycles. The molecular formula is C18H34N4O. The predicted molar refractivity (Wildman–Crippen MR) is 94.7 cm³/mol. The number of aliphatic imine (C=N–C) groups is 1. The van der Waals surface area contributed by atoms with Crippen LogP contribution in [0.4, 0.5) is 0 Å². The molecule has 5 heteroatoms. The number of rotatable bonds is 5. The van der Waals surface area contributed by atoms with Gasteiger partial charge in [0.25, 0.3) is 0 Å². The van der Waals surface area contributed by atoms with E-state index >= 15 is 0 Å². The Bertz CT molecular complexity index is 394. The number of aliphatic hydroxyl groups is 1. The monoisotopic (exact) mass is 322 g/mol. The average Bonchev–Trinajstić information content (AvgIpc) is 3.38. The zero-order chi connectivity index (χ0) is 16.1. The Hall–Kier alpha value is -0.810. The molecule has 3 fully saturated rings. The first-order valence-corrected chi connectivity index (χ1v) is 9.59. The van der Waals surface area contributed by atoms with E-state index in [0.717, 1.165) is 37.6 Å². The smallest absolute Gasteiger partial charge is 0.191 e. The number of likely N-dealkylation sites (tertiary alicyclic amines) is 1. The van der Waals surface area contributed by atoms with Gasteiger partial charge in [0.2, 0.25) is 0 Å². The fraction of sp³-hybridized carbons (Fsp3) is 0.944. The summed E-state index contributed by atoms with van der Waals surface area (Å²) < 4.78 is 0. The second kappa shape index (κ2) is 7.84. The maximum atomic E-state index is 10.6. The number of piperidine rings is 1. The van der Waals surface area contributed by atoms with Crippen LogP contribution in [0.3, 0.4) is 0 Å². The van der Waals surface area contributed by atoms with Crippen molar-refractivity contribution in [1.29, 1.82) is 0 Å². The molecule has 0 aromatic heterocycles. The number of hydrogen-bond acceptors (Lipinski definition) is 3. The summed E-state index contributed by atoms with van der Waals surface area (Å²) in [7, 11) is 1.82. The van der Waals surface area contributed by atoms with Gasteiger partial charge in [-0.15, -0.1) is 0 Å². The fourth-order valence-electron chi connectivity index (χ4n) is 3.95. The third kappa shape index (κ3) is 5.35. The molecule has 1 aliphatic heterocycles. The summed E-state index contributed by atoms with van der Waals surface area (Å²) in [5.74, 6) is 1.84. The Labute approximate surface area is 140 Å². The van der Waals surface area contributed by atoms with Crippen LogP contribution in [0.25, 0.3) is 0 Å². The first-order valence-electron chi connectivity index (χ1n) is 9.59. The third-order valence-electron chi connectivity index (χ3n) is 5.73. The summed E-state index contributed by atoms with van der Waals surface area (Å²) in [6.45, 7) is 4.34. The van der Waals surface area contributed by atoms with E-state index in [-0.39, 0.29) is 0 Å². The number of guanidine groups is 1. The lowest BCUT2D eigenvalue weighted by atomic mass is 9.85. The molecule has 2 saturated carbocycles. The van der Waals surface area contributed by atoms with Crippen LogP contribution >= 0.6 is 0 Å². The largest absolute Gasteiger partial charge is 0.388 e. The zero-order valence-corrected chi connectivity index (χ0v) is 14.7. The highest BCUT2D eigenvalue weighted by molar-refractivity contribution is 5.80. The lowest BCUT2D eigenvalue weighted by Crippen LogP contribution is -2.52. The number of nitrogens with one attached hydrogen (secondary N) is 2. The second-order valence-corrected chi connectivity index (χ2v) is 7.87. The van der Waals surface area contributed by atoms with E-state index in [2.05, 4.69) is 20.5 Å². The molecule has 0 unspecified atom stereocenters. The van der Waals surface area contributed by atoms with E-state index in [9.17, 15) is 5.11 Å². The molecule has 0 radical (unpaired) electrons. The van der Waals surface area contributed by atoms with Crippen molar-refractivity contribution in [2.24, 2.45) is 10.9 Å². The SMILES string of the molecule is CN=C(NCC1(O)CCCCC1)NC1CCN(CC2CC2)CC1. The second-order valence-electron chi connectivity index (χ2n) is 7.87. The molecule has 0 spiro atoms. The van der Waals surface area contributed by atoms with Crippen LogP contribution in [0.1, 0.15) is 57.8 Å². The van der Waals surface area contributed by atoms with Crippen molar-refractivity contribution in [3.8, 4) is 0 Å². The zero-order valence-electron chi connectivity index (χ0n) is 14.7. The van der Waals surface area contributed by atoms with Gasteiger partial charge in [-0.2, -0.15) is 0 Å². The van der Waals surface area contributed by atoms with Crippen LogP contribution in [-0.4, -0.2) is 60.8 Å². The first-order chi connectivity index (χ1) is 11.2. The van der Waals surface area contributed by atoms with Crippen molar-refractivity contribution in [3.63, 3.8) is 0 Å². The Morgan fingerprint density at radius 1 is 1.13 bits per heavy atom. The van der Waals surface area contributed by atoms with E-state index in [1.54, 1.807) is 0 Å². The van der Waals surface area contributed by atoms with Crippen molar-refractivity contribution >= 4 is 5.96 Å². The highest BCUT2D eigenvalue weighted by atomic mass is 16.3. The van der Waals surface area contributed by atoms with Crippen LogP contribution < -0.4 is 10.6 Å². The molecule has 1 saturated heterocycles. The minimum atomic E-state index is -0.538. The van der Waals surface area contributed by atoms with Crippen molar-refractivity contribution in [1.82, 2.24) is 15.5 Å². The topological polar surface area (TPSA) is 59.9 Å². The van der Waals surface area contributed by atoms with E-state index < -0.39 is 5.60 Å². The quantitative estimate of drug-likeness (QED) is 0.533. The van der Waals surface area contributed by atoms with Gasteiger partial charge in [0, 0.05) is 39.3 Å². The Balaban J connectivity index is 1.37. The van der Waals surface area contributed by atoms with Crippen molar-refractivity contribution in [2.75, 3.05) is 33.2 Å². The molecule has 3 aliphatic rings. The van der Waals surface area contributed by atoms with Gasteiger partial charge in [-0.25, -0.2) is 0 Å². The lowest BCUT2D eigenvalue weighted by molar-refractivity contribution is 0.00852. The number of nitrogens with zero attached hydrogens (tertiary/aromatic N) is 2. The summed E-state index contributed by atoms with van der Waals surface area (Å²) in [5, 5.41) is 17.5. The standard InChI is InChI=1S/C18H34N4O/c1-19-17(20-14-18(23)9-3-2-4-10-18)21-16-7-11-22(12-8-16)13-15-5-6-15/h15-16,23H,2-14H2,1H3,(H2,19,20,21). The molecule has 0 atom stereocenters. The molecular weight excluding hydrogens is 288 g/mol. The molecule has 1 heterocycles. The normalized spacial score (nSPS) is 27.0. The van der Waals surface area contributed by atoms with Gasteiger partial charge in [-0.05, 0) is 44.4 Å². The van der Waals surface area contributed by atoms with Gasteiger partial charge < -0.3 is 20.6 Å². The summed E-state index contributed by atoms with van der Waals surface area (Å²) in [6.07, 6.45) is 10.6. The highest BCUT2D eigenvalue weighted by Gasteiger charge is 2.30. The minimum absolute atomic E-state index is 0.512. The Morgan fingerprint density at radius 3 is 2.43 bits per heavy atom. The van der Waals surface area contributed by atoms with Crippen molar-refractivity contribution in [3.05, 3.63) is 0 Å².